The Kier molecular flexibility index (Phi) is 2.84. The van der Waals surface area contributed by atoms with Crippen LogP contribution >= 0.6 is 0 Å². The van der Waals surface area contributed by atoms with E-state index < -0.39 is 0 Å². The number of hydrogen-bond acceptors (Lipinski definition) is 2. The molecule has 1 saturated heterocycles. The standard InChI is InChI=1S/C17H21NO2/c19-16(13-7-10-20-11-13)18-12-17(8-3-4-9-17)14-5-1-2-6-15(14)18/h1-2,5-6,13H,3-4,7-12H2/t13-/m1/s1. The molecule has 1 aromatic carbocycles. The van der Waals surface area contributed by atoms with Gasteiger partial charge in [-0.25, -0.2) is 0 Å². The molecule has 0 aromatic heterocycles. The van der Waals surface area contributed by atoms with Crippen molar-refractivity contribution in [2.24, 2.45) is 5.92 Å². The summed E-state index contributed by atoms with van der Waals surface area (Å²) in [6.45, 7) is 2.23. The van der Waals surface area contributed by atoms with Crippen LogP contribution in [0.1, 0.15) is 37.7 Å². The molecule has 3 heteroatoms. The van der Waals surface area contributed by atoms with Gasteiger partial charge in [-0.1, -0.05) is 31.0 Å². The van der Waals surface area contributed by atoms with E-state index in [9.17, 15) is 4.79 Å². The van der Waals surface area contributed by atoms with E-state index in [4.69, 9.17) is 4.74 Å². The van der Waals surface area contributed by atoms with Crippen LogP contribution in [0.4, 0.5) is 5.69 Å². The summed E-state index contributed by atoms with van der Waals surface area (Å²) >= 11 is 0. The number of rotatable bonds is 1. The molecular formula is C17H21NO2. The smallest absolute Gasteiger partial charge is 0.232 e. The minimum Gasteiger partial charge on any atom is -0.381 e. The monoisotopic (exact) mass is 271 g/mol. The maximum absolute atomic E-state index is 12.8. The van der Waals surface area contributed by atoms with Crippen LogP contribution in [0.15, 0.2) is 24.3 Å². The Morgan fingerprint density at radius 1 is 1.25 bits per heavy atom. The SMILES string of the molecule is O=C([C@@H]1CCOC1)N1CC2(CCCC2)c2ccccc21. The summed E-state index contributed by atoms with van der Waals surface area (Å²) in [5, 5.41) is 0. The van der Waals surface area contributed by atoms with Gasteiger partial charge in [0.05, 0.1) is 12.5 Å². The summed E-state index contributed by atoms with van der Waals surface area (Å²) < 4.78 is 5.40. The molecule has 0 N–H and O–H groups in total. The van der Waals surface area contributed by atoms with Gasteiger partial charge in [-0.05, 0) is 30.9 Å². The zero-order valence-electron chi connectivity index (χ0n) is 11.8. The largest absolute Gasteiger partial charge is 0.381 e. The van der Waals surface area contributed by atoms with Crippen LogP contribution in [0, 0.1) is 5.92 Å². The summed E-state index contributed by atoms with van der Waals surface area (Å²) in [6.07, 6.45) is 5.93. The number of amides is 1. The van der Waals surface area contributed by atoms with Crippen molar-refractivity contribution in [3.8, 4) is 0 Å². The third kappa shape index (κ3) is 1.72. The Hall–Kier alpha value is -1.35. The molecule has 2 fully saturated rings. The van der Waals surface area contributed by atoms with Gasteiger partial charge in [0.2, 0.25) is 5.91 Å². The number of ether oxygens (including phenoxy) is 1. The lowest BCUT2D eigenvalue weighted by atomic mass is 9.81. The van der Waals surface area contributed by atoms with Gasteiger partial charge in [0.1, 0.15) is 0 Å². The number of carbonyl (C=O) groups excluding carboxylic acids is 1. The van der Waals surface area contributed by atoms with Crippen molar-refractivity contribution < 1.29 is 9.53 Å². The first-order valence-corrected chi connectivity index (χ1v) is 7.79. The van der Waals surface area contributed by atoms with E-state index in [-0.39, 0.29) is 17.2 Å². The molecule has 1 saturated carbocycles. The molecule has 0 radical (unpaired) electrons. The highest BCUT2D eigenvalue weighted by molar-refractivity contribution is 5.98. The Morgan fingerprint density at radius 2 is 2.05 bits per heavy atom. The minimum absolute atomic E-state index is 0.0691. The zero-order chi connectivity index (χ0) is 13.6. The molecule has 106 valence electrons. The molecule has 1 spiro atoms. The second kappa shape index (κ2) is 4.59. The van der Waals surface area contributed by atoms with Crippen molar-refractivity contribution in [3.05, 3.63) is 29.8 Å². The quantitative estimate of drug-likeness (QED) is 0.786. The van der Waals surface area contributed by atoms with E-state index in [1.54, 1.807) is 0 Å². The average Bonchev–Trinajstić information content (AvgIpc) is 3.21. The van der Waals surface area contributed by atoms with Gasteiger partial charge >= 0.3 is 0 Å². The third-order valence-corrected chi connectivity index (χ3v) is 5.33. The van der Waals surface area contributed by atoms with Crippen LogP contribution in [0.5, 0.6) is 0 Å². The number of fused-ring (bicyclic) bond motifs is 2. The summed E-state index contributed by atoms with van der Waals surface area (Å²) in [4.78, 5) is 14.9. The van der Waals surface area contributed by atoms with Crippen molar-refractivity contribution in [1.29, 1.82) is 0 Å². The average molecular weight is 271 g/mol. The molecule has 0 bridgehead atoms. The number of nitrogens with zero attached hydrogens (tertiary/aromatic N) is 1. The van der Waals surface area contributed by atoms with E-state index in [0.717, 1.165) is 25.3 Å². The molecule has 1 amide bonds. The van der Waals surface area contributed by atoms with E-state index in [0.29, 0.717) is 6.61 Å². The number of benzene rings is 1. The summed E-state index contributed by atoms with van der Waals surface area (Å²) in [6, 6.07) is 8.53. The van der Waals surface area contributed by atoms with Gasteiger partial charge in [-0.2, -0.15) is 0 Å². The molecule has 3 nitrogen and oxygen atoms in total. The van der Waals surface area contributed by atoms with Crippen molar-refractivity contribution >= 4 is 11.6 Å². The highest BCUT2D eigenvalue weighted by Crippen LogP contribution is 2.50. The number of para-hydroxylation sites is 1. The number of anilines is 1. The van der Waals surface area contributed by atoms with Crippen LogP contribution < -0.4 is 4.90 Å². The van der Waals surface area contributed by atoms with Crippen LogP contribution in [0.2, 0.25) is 0 Å². The Balaban J connectivity index is 1.70. The fourth-order valence-electron chi connectivity index (χ4n) is 4.26. The Bertz CT molecular complexity index is 528. The van der Waals surface area contributed by atoms with Crippen LogP contribution in [0.3, 0.4) is 0 Å². The third-order valence-electron chi connectivity index (χ3n) is 5.33. The van der Waals surface area contributed by atoms with Gasteiger partial charge in [0, 0.05) is 24.3 Å². The van der Waals surface area contributed by atoms with Gasteiger partial charge < -0.3 is 9.64 Å². The highest BCUT2D eigenvalue weighted by Gasteiger charge is 2.47. The van der Waals surface area contributed by atoms with E-state index >= 15 is 0 Å². The van der Waals surface area contributed by atoms with Crippen LogP contribution in [0.25, 0.3) is 0 Å². The lowest BCUT2D eigenvalue weighted by Gasteiger charge is -2.25. The molecule has 3 aliphatic rings. The molecule has 1 aromatic rings. The van der Waals surface area contributed by atoms with Gasteiger partial charge in [0.25, 0.3) is 0 Å². The fraction of sp³-hybridized carbons (Fsp3) is 0.588. The first-order chi connectivity index (χ1) is 9.80. The topological polar surface area (TPSA) is 29.5 Å². The second-order valence-electron chi connectivity index (χ2n) is 6.49. The van der Waals surface area contributed by atoms with E-state index in [1.165, 1.54) is 31.2 Å². The van der Waals surface area contributed by atoms with Crippen LogP contribution in [-0.2, 0) is 14.9 Å². The van der Waals surface area contributed by atoms with Crippen molar-refractivity contribution in [1.82, 2.24) is 0 Å². The predicted octanol–water partition coefficient (Wildman–Crippen LogP) is 2.88. The number of carbonyl (C=O) groups is 1. The molecule has 2 heterocycles. The molecule has 0 unspecified atom stereocenters. The lowest BCUT2D eigenvalue weighted by Crippen LogP contribution is -2.39. The maximum atomic E-state index is 12.8. The predicted molar refractivity (Wildman–Crippen MR) is 77.9 cm³/mol. The maximum Gasteiger partial charge on any atom is 0.232 e. The molecule has 2 aliphatic heterocycles. The Morgan fingerprint density at radius 3 is 2.80 bits per heavy atom. The minimum atomic E-state index is 0.0691. The summed E-state index contributed by atoms with van der Waals surface area (Å²) in [5.41, 5.74) is 2.81. The summed E-state index contributed by atoms with van der Waals surface area (Å²) in [7, 11) is 0. The van der Waals surface area contributed by atoms with Crippen molar-refractivity contribution in [2.45, 2.75) is 37.5 Å². The first kappa shape index (κ1) is 12.4. The molecule has 4 rings (SSSR count). The van der Waals surface area contributed by atoms with E-state index in [1.807, 2.05) is 0 Å². The van der Waals surface area contributed by atoms with E-state index in [2.05, 4.69) is 29.2 Å². The van der Waals surface area contributed by atoms with Crippen LogP contribution in [-0.4, -0.2) is 25.7 Å². The van der Waals surface area contributed by atoms with Gasteiger partial charge in [-0.15, -0.1) is 0 Å². The Labute approximate surface area is 119 Å². The molecule has 1 aliphatic carbocycles. The fourth-order valence-corrected chi connectivity index (χ4v) is 4.26. The van der Waals surface area contributed by atoms with Gasteiger partial charge in [-0.3, -0.25) is 4.79 Å². The first-order valence-electron chi connectivity index (χ1n) is 7.79. The van der Waals surface area contributed by atoms with Gasteiger partial charge in [0.15, 0.2) is 0 Å². The molecular weight excluding hydrogens is 250 g/mol. The highest BCUT2D eigenvalue weighted by atomic mass is 16.5. The second-order valence-corrected chi connectivity index (χ2v) is 6.49. The molecule has 1 atom stereocenters. The summed E-state index contributed by atoms with van der Waals surface area (Å²) in [5.74, 6) is 0.346. The normalized spacial score (nSPS) is 27.2. The number of hydrogen-bond donors (Lipinski definition) is 0. The van der Waals surface area contributed by atoms with Crippen molar-refractivity contribution in [2.75, 3.05) is 24.7 Å². The lowest BCUT2D eigenvalue weighted by molar-refractivity contribution is -0.122. The van der Waals surface area contributed by atoms with Crippen molar-refractivity contribution in [3.63, 3.8) is 0 Å². The molecule has 20 heavy (non-hydrogen) atoms. The zero-order valence-corrected chi connectivity index (χ0v) is 11.8.